The van der Waals surface area contributed by atoms with Gasteiger partial charge in [-0.1, -0.05) is 11.6 Å². The van der Waals surface area contributed by atoms with Crippen LogP contribution in [0.5, 0.6) is 0 Å². The van der Waals surface area contributed by atoms with Gasteiger partial charge in [0.05, 0.1) is 23.4 Å². The van der Waals surface area contributed by atoms with Crippen molar-refractivity contribution in [1.82, 2.24) is 0 Å². The van der Waals surface area contributed by atoms with E-state index in [0.717, 1.165) is 0 Å². The van der Waals surface area contributed by atoms with Gasteiger partial charge < -0.3 is 15.8 Å². The van der Waals surface area contributed by atoms with Gasteiger partial charge >= 0.3 is 5.97 Å². The number of hydrogen-bond donors (Lipinski definition) is 2. The minimum atomic E-state index is -0.486. The predicted molar refractivity (Wildman–Crippen MR) is 78.9 cm³/mol. The minimum absolute atomic E-state index is 0.201. The van der Waals surface area contributed by atoms with Gasteiger partial charge in [-0.2, -0.15) is 0 Å². The van der Waals surface area contributed by atoms with E-state index in [1.807, 2.05) is 13.8 Å². The largest absolute Gasteiger partial charge is 0.465 e. The van der Waals surface area contributed by atoms with Crippen molar-refractivity contribution in [3.63, 3.8) is 0 Å². The van der Waals surface area contributed by atoms with Crippen LogP contribution >= 0.6 is 11.6 Å². The summed E-state index contributed by atoms with van der Waals surface area (Å²) in [6, 6.07) is 4.56. The molecule has 5 nitrogen and oxygen atoms in total. The molecular weight excluding hydrogens is 280 g/mol. The number of esters is 1. The number of anilines is 1. The van der Waals surface area contributed by atoms with E-state index in [4.69, 9.17) is 17.3 Å². The lowest BCUT2D eigenvalue weighted by molar-refractivity contribution is -0.116. The molecule has 0 spiro atoms. The van der Waals surface area contributed by atoms with Gasteiger partial charge in [0, 0.05) is 12.0 Å². The normalized spacial score (nSPS) is 11.1. The molecule has 0 bridgehead atoms. The number of halogens is 1. The number of rotatable bonds is 5. The summed E-state index contributed by atoms with van der Waals surface area (Å²) in [4.78, 5) is 23.2. The molecule has 0 fully saturated rings. The molecule has 1 aromatic carbocycles. The first kappa shape index (κ1) is 16.5. The van der Waals surface area contributed by atoms with E-state index in [0.29, 0.717) is 22.7 Å². The van der Waals surface area contributed by atoms with E-state index in [-0.39, 0.29) is 12.3 Å². The summed E-state index contributed by atoms with van der Waals surface area (Å²) in [5.74, 6) is -0.687. The quantitative estimate of drug-likeness (QED) is 0.819. The number of nitrogens with one attached hydrogen (secondary N) is 1. The molecule has 0 aromatic heterocycles. The highest BCUT2D eigenvalue weighted by Crippen LogP contribution is 2.24. The standard InChI is InChI=1S/C14H19ClN2O3/c1-14(2,16)7-6-12(18)17-11-8-9(13(19)20-3)4-5-10(11)15/h4-5,8H,6-7,16H2,1-3H3,(H,17,18). The second-order valence-electron chi connectivity index (χ2n) is 5.22. The third-order valence-electron chi connectivity index (χ3n) is 2.66. The van der Waals surface area contributed by atoms with Gasteiger partial charge in [-0.3, -0.25) is 4.79 Å². The number of carbonyl (C=O) groups is 2. The second kappa shape index (κ2) is 6.72. The first-order valence-corrected chi connectivity index (χ1v) is 6.57. The van der Waals surface area contributed by atoms with Crippen LogP contribution in [-0.2, 0) is 9.53 Å². The van der Waals surface area contributed by atoms with Crippen LogP contribution in [0.25, 0.3) is 0 Å². The second-order valence-corrected chi connectivity index (χ2v) is 5.63. The Kier molecular flexibility index (Phi) is 5.53. The van der Waals surface area contributed by atoms with Crippen LogP contribution in [0.2, 0.25) is 5.02 Å². The van der Waals surface area contributed by atoms with Crippen molar-refractivity contribution in [2.24, 2.45) is 5.73 Å². The van der Waals surface area contributed by atoms with Crippen molar-refractivity contribution in [2.75, 3.05) is 12.4 Å². The van der Waals surface area contributed by atoms with Crippen LogP contribution in [0.4, 0.5) is 5.69 Å². The maximum absolute atomic E-state index is 11.8. The van der Waals surface area contributed by atoms with Crippen LogP contribution in [0, 0.1) is 0 Å². The maximum atomic E-state index is 11.8. The van der Waals surface area contributed by atoms with Gasteiger partial charge in [0.15, 0.2) is 0 Å². The number of carbonyl (C=O) groups excluding carboxylic acids is 2. The highest BCUT2D eigenvalue weighted by molar-refractivity contribution is 6.33. The van der Waals surface area contributed by atoms with E-state index >= 15 is 0 Å². The Morgan fingerprint density at radius 1 is 1.40 bits per heavy atom. The first-order chi connectivity index (χ1) is 9.23. The first-order valence-electron chi connectivity index (χ1n) is 6.19. The summed E-state index contributed by atoms with van der Waals surface area (Å²) in [6.07, 6.45) is 0.829. The van der Waals surface area contributed by atoms with Crippen LogP contribution in [-0.4, -0.2) is 24.5 Å². The van der Waals surface area contributed by atoms with E-state index < -0.39 is 11.5 Å². The Hall–Kier alpha value is -1.59. The number of amides is 1. The molecular formula is C14H19ClN2O3. The average molecular weight is 299 g/mol. The van der Waals surface area contributed by atoms with Crippen molar-refractivity contribution in [3.05, 3.63) is 28.8 Å². The Morgan fingerprint density at radius 2 is 2.05 bits per heavy atom. The highest BCUT2D eigenvalue weighted by atomic mass is 35.5. The van der Waals surface area contributed by atoms with E-state index in [2.05, 4.69) is 10.1 Å². The summed E-state index contributed by atoms with van der Waals surface area (Å²) < 4.78 is 4.62. The van der Waals surface area contributed by atoms with Crippen molar-refractivity contribution >= 4 is 29.2 Å². The van der Waals surface area contributed by atoms with Crippen molar-refractivity contribution in [1.29, 1.82) is 0 Å². The summed E-state index contributed by atoms with van der Waals surface area (Å²) in [7, 11) is 1.29. The lowest BCUT2D eigenvalue weighted by Gasteiger charge is -2.17. The zero-order chi connectivity index (χ0) is 15.3. The van der Waals surface area contributed by atoms with E-state index in [9.17, 15) is 9.59 Å². The zero-order valence-corrected chi connectivity index (χ0v) is 12.6. The van der Waals surface area contributed by atoms with Crippen LogP contribution < -0.4 is 11.1 Å². The van der Waals surface area contributed by atoms with Crippen LogP contribution in [0.15, 0.2) is 18.2 Å². The number of hydrogen-bond acceptors (Lipinski definition) is 4. The molecule has 0 heterocycles. The van der Waals surface area contributed by atoms with Gasteiger partial charge in [-0.15, -0.1) is 0 Å². The van der Waals surface area contributed by atoms with Gasteiger partial charge in [0.1, 0.15) is 0 Å². The SMILES string of the molecule is COC(=O)c1ccc(Cl)c(NC(=O)CCC(C)(C)N)c1. The Bertz CT molecular complexity index is 510. The third-order valence-corrected chi connectivity index (χ3v) is 2.99. The molecule has 0 aliphatic heterocycles. The topological polar surface area (TPSA) is 81.4 Å². The molecule has 110 valence electrons. The smallest absolute Gasteiger partial charge is 0.337 e. The maximum Gasteiger partial charge on any atom is 0.337 e. The molecule has 0 aliphatic rings. The third kappa shape index (κ3) is 5.19. The lowest BCUT2D eigenvalue weighted by Crippen LogP contribution is -2.33. The van der Waals surface area contributed by atoms with Crippen LogP contribution in [0.1, 0.15) is 37.0 Å². The Morgan fingerprint density at radius 3 is 2.60 bits per heavy atom. The van der Waals surface area contributed by atoms with Gasteiger partial charge in [-0.25, -0.2) is 4.79 Å². The Balaban J connectivity index is 2.76. The molecule has 20 heavy (non-hydrogen) atoms. The summed E-state index contributed by atoms with van der Waals surface area (Å²) in [6.45, 7) is 3.70. The fraction of sp³-hybridized carbons (Fsp3) is 0.429. The van der Waals surface area contributed by atoms with Gasteiger partial charge in [-0.05, 0) is 38.5 Å². The molecule has 0 aliphatic carbocycles. The summed E-state index contributed by atoms with van der Waals surface area (Å²) in [5.41, 5.74) is 6.12. The van der Waals surface area contributed by atoms with Crippen molar-refractivity contribution in [2.45, 2.75) is 32.2 Å². The molecule has 1 rings (SSSR count). The fourth-order valence-electron chi connectivity index (χ4n) is 1.51. The van der Waals surface area contributed by atoms with Crippen molar-refractivity contribution < 1.29 is 14.3 Å². The predicted octanol–water partition coefficient (Wildman–Crippen LogP) is 2.58. The number of ether oxygens (including phenoxy) is 1. The monoisotopic (exact) mass is 298 g/mol. The molecule has 0 atom stereocenters. The lowest BCUT2D eigenvalue weighted by atomic mass is 10.00. The molecule has 0 saturated heterocycles. The fourth-order valence-corrected chi connectivity index (χ4v) is 1.68. The van der Waals surface area contributed by atoms with Gasteiger partial charge in [0.25, 0.3) is 0 Å². The molecule has 0 saturated carbocycles. The molecule has 1 amide bonds. The van der Waals surface area contributed by atoms with E-state index in [1.165, 1.54) is 25.3 Å². The number of nitrogens with two attached hydrogens (primary N) is 1. The number of methoxy groups -OCH3 is 1. The highest BCUT2D eigenvalue weighted by Gasteiger charge is 2.15. The number of benzene rings is 1. The minimum Gasteiger partial charge on any atom is -0.465 e. The molecule has 0 unspecified atom stereocenters. The molecule has 3 N–H and O–H groups in total. The summed E-state index contributed by atoms with van der Waals surface area (Å²) in [5, 5.41) is 3.03. The van der Waals surface area contributed by atoms with Crippen molar-refractivity contribution in [3.8, 4) is 0 Å². The molecule has 1 aromatic rings. The van der Waals surface area contributed by atoms with Gasteiger partial charge in [0.2, 0.25) is 5.91 Å². The van der Waals surface area contributed by atoms with E-state index in [1.54, 1.807) is 0 Å². The molecule has 0 radical (unpaired) electrons. The van der Waals surface area contributed by atoms with Crippen LogP contribution in [0.3, 0.4) is 0 Å². The zero-order valence-electron chi connectivity index (χ0n) is 11.8. The Labute approximate surface area is 123 Å². The molecule has 6 heteroatoms. The average Bonchev–Trinajstić information content (AvgIpc) is 2.37. The summed E-state index contributed by atoms with van der Waals surface area (Å²) >= 11 is 5.99.